The Bertz CT molecular complexity index is 3170. The summed E-state index contributed by atoms with van der Waals surface area (Å²) in [4.78, 5) is 2.28. The van der Waals surface area contributed by atoms with Crippen molar-refractivity contribution in [1.29, 1.82) is 0 Å². The molecule has 0 saturated heterocycles. The molecule has 3 heteroatoms. The minimum Gasteiger partial charge on any atom is -0.454 e. The monoisotopic (exact) mass is 677 g/mol. The fourth-order valence-electron chi connectivity index (χ4n) is 8.03. The van der Waals surface area contributed by atoms with Crippen molar-refractivity contribution in [2.45, 2.75) is 0 Å². The highest BCUT2D eigenvalue weighted by molar-refractivity contribution is 6.18. The standard InChI is InChI=1S/C50H31NO2/c1-2-11-37-31-38(24-23-32(37)9-1)35-21-19-33(20-22-35)34-25-28-39(29-26-34)51(45-16-7-14-42-41-13-5-6-18-47(41)52-49(42)45)46-17-8-15-43-44-30-27-36-10-3-4-12-40(36)48(44)53-50(43)46/h1-31H. The average molecular weight is 678 g/mol. The molecular weight excluding hydrogens is 647 g/mol. The molecule has 0 bridgehead atoms. The minimum atomic E-state index is 0.834. The van der Waals surface area contributed by atoms with Crippen LogP contribution >= 0.6 is 0 Å². The molecule has 0 spiro atoms. The van der Waals surface area contributed by atoms with E-state index in [1.165, 1.54) is 27.5 Å². The Morgan fingerprint density at radius 1 is 0.302 bits per heavy atom. The number of fused-ring (bicyclic) bond motifs is 9. The summed E-state index contributed by atoms with van der Waals surface area (Å²) in [5.41, 5.74) is 11.1. The number of anilines is 3. The Hall–Kier alpha value is -7.10. The predicted molar refractivity (Wildman–Crippen MR) is 222 cm³/mol. The second-order valence-corrected chi connectivity index (χ2v) is 13.7. The van der Waals surface area contributed by atoms with E-state index in [0.717, 1.165) is 77.3 Å². The van der Waals surface area contributed by atoms with Crippen LogP contribution < -0.4 is 4.90 Å². The molecule has 0 unspecified atom stereocenters. The normalized spacial score (nSPS) is 11.8. The summed E-state index contributed by atoms with van der Waals surface area (Å²) >= 11 is 0. The highest BCUT2D eigenvalue weighted by atomic mass is 16.3. The van der Waals surface area contributed by atoms with Crippen molar-refractivity contribution in [1.82, 2.24) is 0 Å². The van der Waals surface area contributed by atoms with Gasteiger partial charge in [-0.2, -0.15) is 0 Å². The number of hydrogen-bond donors (Lipinski definition) is 0. The van der Waals surface area contributed by atoms with E-state index in [-0.39, 0.29) is 0 Å². The van der Waals surface area contributed by atoms with Gasteiger partial charge in [-0.25, -0.2) is 0 Å². The van der Waals surface area contributed by atoms with E-state index >= 15 is 0 Å². The summed E-state index contributed by atoms with van der Waals surface area (Å²) in [7, 11) is 0. The SMILES string of the molecule is c1ccc2cc(-c3ccc(-c4ccc(N(c5cccc6c5oc5ccccc56)c5cccc6c5oc5c7ccccc7ccc65)cc4)cc3)ccc2c1. The maximum Gasteiger partial charge on any atom is 0.159 e. The molecule has 2 heterocycles. The second-order valence-electron chi connectivity index (χ2n) is 13.7. The van der Waals surface area contributed by atoms with E-state index in [4.69, 9.17) is 8.83 Å². The van der Waals surface area contributed by atoms with Crippen LogP contribution in [0.2, 0.25) is 0 Å². The summed E-state index contributed by atoms with van der Waals surface area (Å²) in [6, 6.07) is 66.7. The van der Waals surface area contributed by atoms with Crippen LogP contribution in [-0.2, 0) is 0 Å². The second kappa shape index (κ2) is 11.7. The van der Waals surface area contributed by atoms with Crippen molar-refractivity contribution in [2.24, 2.45) is 0 Å². The molecule has 11 rings (SSSR count). The third kappa shape index (κ3) is 4.75. The van der Waals surface area contributed by atoms with Gasteiger partial charge in [0.1, 0.15) is 11.2 Å². The zero-order chi connectivity index (χ0) is 34.9. The van der Waals surface area contributed by atoms with E-state index in [2.05, 4.69) is 181 Å². The van der Waals surface area contributed by atoms with E-state index in [1.807, 2.05) is 12.1 Å². The van der Waals surface area contributed by atoms with Crippen molar-refractivity contribution in [3.8, 4) is 22.3 Å². The summed E-state index contributed by atoms with van der Waals surface area (Å²) in [5, 5.41) is 9.12. The summed E-state index contributed by atoms with van der Waals surface area (Å²) in [5.74, 6) is 0. The van der Waals surface area contributed by atoms with Gasteiger partial charge in [0.25, 0.3) is 0 Å². The quantitative estimate of drug-likeness (QED) is 0.182. The van der Waals surface area contributed by atoms with E-state index in [1.54, 1.807) is 0 Å². The Labute approximate surface area is 305 Å². The minimum absolute atomic E-state index is 0.834. The van der Waals surface area contributed by atoms with Crippen LogP contribution in [0.15, 0.2) is 197 Å². The smallest absolute Gasteiger partial charge is 0.159 e. The van der Waals surface area contributed by atoms with Crippen molar-refractivity contribution in [2.75, 3.05) is 4.90 Å². The van der Waals surface area contributed by atoms with Crippen LogP contribution in [0.25, 0.3) is 87.7 Å². The van der Waals surface area contributed by atoms with Crippen molar-refractivity contribution in [3.05, 3.63) is 188 Å². The first kappa shape index (κ1) is 29.6. The largest absolute Gasteiger partial charge is 0.454 e. The molecule has 0 aliphatic carbocycles. The number of nitrogens with zero attached hydrogens (tertiary/aromatic N) is 1. The van der Waals surface area contributed by atoms with Crippen molar-refractivity contribution >= 4 is 82.5 Å². The molecule has 0 aliphatic rings. The number of benzene rings is 9. The number of hydrogen-bond acceptors (Lipinski definition) is 3. The van der Waals surface area contributed by atoms with Gasteiger partial charge < -0.3 is 13.7 Å². The topological polar surface area (TPSA) is 29.5 Å². The summed E-state index contributed by atoms with van der Waals surface area (Å²) in [6.45, 7) is 0. The molecule has 0 fully saturated rings. The molecule has 0 aliphatic heterocycles. The Morgan fingerprint density at radius 2 is 0.811 bits per heavy atom. The fourth-order valence-corrected chi connectivity index (χ4v) is 8.03. The lowest BCUT2D eigenvalue weighted by Crippen LogP contribution is -2.10. The van der Waals surface area contributed by atoms with Gasteiger partial charge in [-0.05, 0) is 80.9 Å². The summed E-state index contributed by atoms with van der Waals surface area (Å²) < 4.78 is 13.5. The molecule has 9 aromatic carbocycles. The van der Waals surface area contributed by atoms with Gasteiger partial charge in [-0.1, -0.05) is 146 Å². The Balaban J connectivity index is 1.06. The van der Waals surface area contributed by atoms with Crippen LogP contribution in [0.3, 0.4) is 0 Å². The van der Waals surface area contributed by atoms with Crippen LogP contribution in [0.5, 0.6) is 0 Å². The fraction of sp³-hybridized carbons (Fsp3) is 0. The molecular formula is C50H31NO2. The molecule has 248 valence electrons. The average Bonchev–Trinajstić information content (AvgIpc) is 3.81. The molecule has 53 heavy (non-hydrogen) atoms. The zero-order valence-corrected chi connectivity index (χ0v) is 28.7. The van der Waals surface area contributed by atoms with Gasteiger partial charge in [0.2, 0.25) is 0 Å². The lowest BCUT2D eigenvalue weighted by molar-refractivity contribution is 0.667. The molecule has 0 N–H and O–H groups in total. The van der Waals surface area contributed by atoms with Crippen LogP contribution in [0, 0.1) is 0 Å². The van der Waals surface area contributed by atoms with E-state index in [9.17, 15) is 0 Å². The molecule has 0 radical (unpaired) electrons. The first-order chi connectivity index (χ1) is 26.3. The first-order valence-corrected chi connectivity index (χ1v) is 18.0. The van der Waals surface area contributed by atoms with E-state index in [0.29, 0.717) is 0 Å². The molecule has 0 atom stereocenters. The first-order valence-electron chi connectivity index (χ1n) is 18.0. The third-order valence-electron chi connectivity index (χ3n) is 10.7. The Morgan fingerprint density at radius 3 is 1.57 bits per heavy atom. The number of para-hydroxylation sites is 3. The van der Waals surface area contributed by atoms with Crippen molar-refractivity contribution < 1.29 is 8.83 Å². The van der Waals surface area contributed by atoms with Crippen LogP contribution in [0.4, 0.5) is 17.1 Å². The van der Waals surface area contributed by atoms with E-state index < -0.39 is 0 Å². The molecule has 2 aromatic heterocycles. The molecule has 0 saturated carbocycles. The summed E-state index contributed by atoms with van der Waals surface area (Å²) in [6.07, 6.45) is 0. The number of rotatable bonds is 5. The van der Waals surface area contributed by atoms with Gasteiger partial charge in [0.05, 0.1) is 11.4 Å². The maximum absolute atomic E-state index is 6.88. The van der Waals surface area contributed by atoms with Gasteiger partial charge in [-0.3, -0.25) is 0 Å². The highest BCUT2D eigenvalue weighted by Gasteiger charge is 2.23. The van der Waals surface area contributed by atoms with Gasteiger partial charge in [0, 0.05) is 32.6 Å². The van der Waals surface area contributed by atoms with Gasteiger partial charge in [-0.15, -0.1) is 0 Å². The molecule has 11 aromatic rings. The van der Waals surface area contributed by atoms with Crippen LogP contribution in [0.1, 0.15) is 0 Å². The Kier molecular flexibility index (Phi) is 6.55. The molecule has 3 nitrogen and oxygen atoms in total. The molecule has 0 amide bonds. The van der Waals surface area contributed by atoms with Crippen molar-refractivity contribution in [3.63, 3.8) is 0 Å². The van der Waals surface area contributed by atoms with Gasteiger partial charge >= 0.3 is 0 Å². The van der Waals surface area contributed by atoms with Crippen LogP contribution in [-0.4, -0.2) is 0 Å². The van der Waals surface area contributed by atoms with Gasteiger partial charge in [0.15, 0.2) is 11.2 Å². The number of furan rings is 2. The lowest BCUT2D eigenvalue weighted by atomic mass is 9.98. The third-order valence-corrected chi connectivity index (χ3v) is 10.7. The zero-order valence-electron chi connectivity index (χ0n) is 28.7. The predicted octanol–water partition coefficient (Wildman–Crippen LogP) is 14.6. The maximum atomic E-state index is 6.88. The lowest BCUT2D eigenvalue weighted by Gasteiger charge is -2.25. The highest BCUT2D eigenvalue weighted by Crippen LogP contribution is 2.46.